The summed E-state index contributed by atoms with van der Waals surface area (Å²) in [5.74, 6) is 3.26. The summed E-state index contributed by atoms with van der Waals surface area (Å²) in [5, 5.41) is 10.7. The van der Waals surface area contributed by atoms with E-state index in [0.717, 1.165) is 66.9 Å². The van der Waals surface area contributed by atoms with Crippen molar-refractivity contribution >= 4 is 33.2 Å². The molecule has 2 aliphatic rings. The van der Waals surface area contributed by atoms with Gasteiger partial charge in [0.2, 0.25) is 0 Å². The second-order valence-corrected chi connectivity index (χ2v) is 10.2. The van der Waals surface area contributed by atoms with Gasteiger partial charge in [0.1, 0.15) is 22.5 Å². The third-order valence-corrected chi connectivity index (χ3v) is 7.99. The normalized spacial score (nSPS) is 18.1. The zero-order chi connectivity index (χ0) is 23.1. The molecular weight excluding hydrogens is 442 g/mol. The van der Waals surface area contributed by atoms with Crippen LogP contribution in [0.25, 0.3) is 21.6 Å². The molecule has 1 fully saturated rings. The largest absolute Gasteiger partial charge is 0.352 e. The van der Waals surface area contributed by atoms with E-state index < -0.39 is 0 Å². The summed E-state index contributed by atoms with van der Waals surface area (Å²) in [6, 6.07) is 9.88. The number of nitrogens with zero attached hydrogens (tertiary/aromatic N) is 7. The van der Waals surface area contributed by atoms with Crippen LogP contribution < -0.4 is 9.80 Å². The molecular formula is C26H25N7S. The number of hydrogen-bond donors (Lipinski definition) is 0. The Labute approximate surface area is 202 Å². The number of aryl methyl sites for hydroxylation is 1. The Morgan fingerprint density at radius 1 is 1.03 bits per heavy atom. The van der Waals surface area contributed by atoms with Crippen LogP contribution in [-0.2, 0) is 12.8 Å². The molecule has 7 nitrogen and oxygen atoms in total. The fourth-order valence-electron chi connectivity index (χ4n) is 5.04. The minimum Gasteiger partial charge on any atom is -0.352 e. The SMILES string of the molecule is C[C@@H]1CCc2c(sc3nc(-c4cccnc4)nc(N4CCN(c5ncccc5C#N)CC4)c23)C1. The topological polar surface area (TPSA) is 81.8 Å². The molecule has 4 aromatic rings. The van der Waals surface area contributed by atoms with E-state index in [1.807, 2.05) is 41.8 Å². The summed E-state index contributed by atoms with van der Waals surface area (Å²) in [5.41, 5.74) is 3.01. The lowest BCUT2D eigenvalue weighted by molar-refractivity contribution is 0.509. The van der Waals surface area contributed by atoms with Crippen LogP contribution in [0.2, 0.25) is 0 Å². The van der Waals surface area contributed by atoms with Gasteiger partial charge in [-0.15, -0.1) is 11.3 Å². The number of aromatic nitrogens is 4. The number of pyridine rings is 2. The molecule has 6 rings (SSSR count). The minimum atomic E-state index is 0.625. The van der Waals surface area contributed by atoms with Crippen LogP contribution in [0, 0.1) is 17.2 Å². The first-order valence-corrected chi connectivity index (χ1v) is 12.6. The molecule has 1 aliphatic heterocycles. The van der Waals surface area contributed by atoms with E-state index in [0.29, 0.717) is 11.5 Å². The molecule has 0 bridgehead atoms. The van der Waals surface area contributed by atoms with Crippen molar-refractivity contribution in [2.75, 3.05) is 36.0 Å². The summed E-state index contributed by atoms with van der Waals surface area (Å²) in [4.78, 5) is 26.0. The van der Waals surface area contributed by atoms with Gasteiger partial charge in [-0.3, -0.25) is 4.98 Å². The van der Waals surface area contributed by atoms with Gasteiger partial charge in [-0.2, -0.15) is 5.26 Å². The van der Waals surface area contributed by atoms with Crippen molar-refractivity contribution in [1.82, 2.24) is 19.9 Å². The molecule has 1 saturated heterocycles. The minimum absolute atomic E-state index is 0.625. The number of anilines is 2. The van der Waals surface area contributed by atoms with Gasteiger partial charge < -0.3 is 9.80 Å². The first-order valence-electron chi connectivity index (χ1n) is 11.8. The highest BCUT2D eigenvalue weighted by Gasteiger charge is 2.28. The molecule has 4 aromatic heterocycles. The van der Waals surface area contributed by atoms with Gasteiger partial charge in [-0.05, 0) is 55.0 Å². The number of fused-ring (bicyclic) bond motifs is 3. The van der Waals surface area contributed by atoms with E-state index in [1.165, 1.54) is 22.2 Å². The number of rotatable bonds is 3. The molecule has 0 amide bonds. The van der Waals surface area contributed by atoms with E-state index in [-0.39, 0.29) is 0 Å². The van der Waals surface area contributed by atoms with Crippen molar-refractivity contribution in [3.63, 3.8) is 0 Å². The first-order chi connectivity index (χ1) is 16.7. The second-order valence-electron chi connectivity index (χ2n) is 9.10. The Balaban J connectivity index is 1.39. The molecule has 5 heterocycles. The quantitative estimate of drug-likeness (QED) is 0.440. The monoisotopic (exact) mass is 467 g/mol. The zero-order valence-electron chi connectivity index (χ0n) is 19.1. The van der Waals surface area contributed by atoms with Crippen molar-refractivity contribution in [3.8, 4) is 17.5 Å². The molecule has 34 heavy (non-hydrogen) atoms. The summed E-state index contributed by atoms with van der Waals surface area (Å²) >= 11 is 1.84. The molecule has 0 spiro atoms. The molecule has 0 aromatic carbocycles. The predicted octanol–water partition coefficient (Wildman–Crippen LogP) is 4.47. The van der Waals surface area contributed by atoms with Gasteiger partial charge in [-0.25, -0.2) is 15.0 Å². The summed E-state index contributed by atoms with van der Waals surface area (Å²) in [6.45, 7) is 5.57. The fraction of sp³-hybridized carbons (Fsp3) is 0.346. The maximum absolute atomic E-state index is 9.50. The smallest absolute Gasteiger partial charge is 0.164 e. The van der Waals surface area contributed by atoms with E-state index in [4.69, 9.17) is 9.97 Å². The average molecular weight is 468 g/mol. The second kappa shape index (κ2) is 8.65. The van der Waals surface area contributed by atoms with Crippen molar-refractivity contribution in [3.05, 3.63) is 58.9 Å². The Kier molecular flexibility index (Phi) is 5.34. The van der Waals surface area contributed by atoms with Gasteiger partial charge in [-0.1, -0.05) is 6.92 Å². The molecule has 0 unspecified atom stereocenters. The molecule has 0 saturated carbocycles. The van der Waals surface area contributed by atoms with Gasteiger partial charge in [0.05, 0.1) is 10.9 Å². The van der Waals surface area contributed by atoms with Crippen LogP contribution >= 0.6 is 11.3 Å². The molecule has 170 valence electrons. The first kappa shape index (κ1) is 21.0. The maximum atomic E-state index is 9.50. The van der Waals surface area contributed by atoms with Gasteiger partial charge in [0.15, 0.2) is 5.82 Å². The van der Waals surface area contributed by atoms with Crippen molar-refractivity contribution < 1.29 is 0 Å². The van der Waals surface area contributed by atoms with Crippen LogP contribution in [0.1, 0.15) is 29.3 Å². The number of hydrogen-bond acceptors (Lipinski definition) is 8. The highest BCUT2D eigenvalue weighted by Crippen LogP contribution is 2.42. The lowest BCUT2D eigenvalue weighted by Crippen LogP contribution is -2.47. The molecule has 1 aliphatic carbocycles. The summed E-state index contributed by atoms with van der Waals surface area (Å²) < 4.78 is 0. The third-order valence-electron chi connectivity index (χ3n) is 6.84. The van der Waals surface area contributed by atoms with Crippen LogP contribution in [0.15, 0.2) is 42.9 Å². The molecule has 0 radical (unpaired) electrons. The molecule has 0 N–H and O–H groups in total. The lowest BCUT2D eigenvalue weighted by Gasteiger charge is -2.36. The Bertz CT molecular complexity index is 1380. The zero-order valence-corrected chi connectivity index (χ0v) is 19.9. The van der Waals surface area contributed by atoms with Crippen molar-refractivity contribution in [1.29, 1.82) is 5.26 Å². The van der Waals surface area contributed by atoms with Gasteiger partial charge in [0, 0.05) is 55.2 Å². The average Bonchev–Trinajstić information content (AvgIpc) is 3.26. The highest BCUT2D eigenvalue weighted by atomic mass is 32.1. The molecule has 8 heteroatoms. The maximum Gasteiger partial charge on any atom is 0.164 e. The van der Waals surface area contributed by atoms with Crippen LogP contribution in [-0.4, -0.2) is 46.1 Å². The van der Waals surface area contributed by atoms with Crippen molar-refractivity contribution in [2.24, 2.45) is 5.92 Å². The van der Waals surface area contributed by atoms with Crippen LogP contribution in [0.5, 0.6) is 0 Å². The number of nitriles is 1. The van der Waals surface area contributed by atoms with Gasteiger partial charge in [0.25, 0.3) is 0 Å². The number of thiophene rings is 1. The van der Waals surface area contributed by atoms with E-state index in [9.17, 15) is 5.26 Å². The predicted molar refractivity (Wildman–Crippen MR) is 135 cm³/mol. The summed E-state index contributed by atoms with van der Waals surface area (Å²) in [6.07, 6.45) is 8.81. The Hall–Kier alpha value is -3.57. The molecule has 1 atom stereocenters. The lowest BCUT2D eigenvalue weighted by atomic mass is 9.89. The third kappa shape index (κ3) is 3.66. The van der Waals surface area contributed by atoms with Crippen LogP contribution in [0.4, 0.5) is 11.6 Å². The highest BCUT2D eigenvalue weighted by molar-refractivity contribution is 7.19. The summed E-state index contributed by atoms with van der Waals surface area (Å²) in [7, 11) is 0. The fourth-order valence-corrected chi connectivity index (χ4v) is 6.42. The van der Waals surface area contributed by atoms with E-state index in [1.54, 1.807) is 12.4 Å². The van der Waals surface area contributed by atoms with Gasteiger partial charge >= 0.3 is 0 Å². The van der Waals surface area contributed by atoms with E-state index >= 15 is 0 Å². The Morgan fingerprint density at radius 2 is 1.82 bits per heavy atom. The van der Waals surface area contributed by atoms with Crippen LogP contribution in [0.3, 0.4) is 0 Å². The Morgan fingerprint density at radius 3 is 2.59 bits per heavy atom. The number of piperazine rings is 1. The van der Waals surface area contributed by atoms with E-state index in [2.05, 4.69) is 32.8 Å². The van der Waals surface area contributed by atoms with Crippen molar-refractivity contribution in [2.45, 2.75) is 26.2 Å². The standard InChI is InChI=1S/C26H25N7S/c1-17-6-7-20-21(14-17)34-26-22(20)25(30-23(31-26)19-5-2-8-28-16-19)33-12-10-32(11-13-33)24-18(15-27)4-3-9-29-24/h2-5,8-9,16-17H,6-7,10-14H2,1H3/t17-/m1/s1.